The van der Waals surface area contributed by atoms with Crippen LogP contribution in [-0.2, 0) is 10.0 Å². The van der Waals surface area contributed by atoms with Gasteiger partial charge in [0.05, 0.1) is 11.9 Å². The molecule has 0 radical (unpaired) electrons. The number of hydrogen-bond acceptors (Lipinski definition) is 3. The van der Waals surface area contributed by atoms with Crippen LogP contribution in [0.1, 0.15) is 33.1 Å². The Labute approximate surface area is 92.1 Å². The molecule has 0 saturated heterocycles. The van der Waals surface area contributed by atoms with Crippen LogP contribution in [0.5, 0.6) is 0 Å². The van der Waals surface area contributed by atoms with Gasteiger partial charge in [-0.15, -0.1) is 0 Å². The van der Waals surface area contributed by atoms with E-state index >= 15 is 0 Å². The van der Waals surface area contributed by atoms with E-state index in [0.717, 1.165) is 25.5 Å². The van der Waals surface area contributed by atoms with Crippen LogP contribution >= 0.6 is 0 Å². The van der Waals surface area contributed by atoms with Crippen molar-refractivity contribution in [2.75, 3.05) is 12.8 Å². The fraction of sp³-hybridized carbons (Fsp3) is 1.00. The second-order valence-corrected chi connectivity index (χ2v) is 6.79. The summed E-state index contributed by atoms with van der Waals surface area (Å²) in [4.78, 5) is 0. The Morgan fingerprint density at radius 2 is 2.13 bits per heavy atom. The maximum absolute atomic E-state index is 11.0. The van der Waals surface area contributed by atoms with Crippen molar-refractivity contribution in [1.29, 1.82) is 0 Å². The largest absolute Gasteiger partial charge is 0.390 e. The first-order chi connectivity index (χ1) is 6.72. The van der Waals surface area contributed by atoms with Crippen molar-refractivity contribution in [2.24, 2.45) is 11.8 Å². The highest BCUT2D eigenvalue weighted by Crippen LogP contribution is 2.37. The minimum atomic E-state index is -3.16. The molecule has 1 rings (SSSR count). The Balaban J connectivity index is 2.64. The molecule has 1 aliphatic carbocycles. The lowest BCUT2D eigenvalue weighted by atomic mass is 9.70. The summed E-state index contributed by atoms with van der Waals surface area (Å²) in [7, 11) is -3.16. The van der Waals surface area contributed by atoms with Crippen molar-refractivity contribution in [3.05, 3.63) is 0 Å². The quantitative estimate of drug-likeness (QED) is 0.757. The molecular weight excluding hydrogens is 214 g/mol. The third-order valence-corrected chi connectivity index (χ3v) is 4.08. The van der Waals surface area contributed by atoms with Gasteiger partial charge in [-0.2, -0.15) is 0 Å². The average Bonchev–Trinajstić information content (AvgIpc) is 1.99. The molecule has 0 aromatic heterocycles. The van der Waals surface area contributed by atoms with Gasteiger partial charge in [0.2, 0.25) is 10.0 Å². The molecule has 2 N–H and O–H groups in total. The molecule has 1 aliphatic rings. The summed E-state index contributed by atoms with van der Waals surface area (Å²) in [6, 6.07) is 0. The highest BCUT2D eigenvalue weighted by Gasteiger charge is 2.38. The van der Waals surface area contributed by atoms with Crippen LogP contribution in [0.25, 0.3) is 0 Å². The topological polar surface area (TPSA) is 66.4 Å². The normalized spacial score (nSPS) is 37.9. The maximum atomic E-state index is 11.0. The summed E-state index contributed by atoms with van der Waals surface area (Å²) in [5.41, 5.74) is -0.741. The first-order valence-corrected chi connectivity index (χ1v) is 7.28. The number of rotatable bonds is 3. The zero-order valence-electron chi connectivity index (χ0n) is 9.66. The first kappa shape index (κ1) is 12.9. The van der Waals surface area contributed by atoms with Gasteiger partial charge in [-0.25, -0.2) is 13.1 Å². The summed E-state index contributed by atoms with van der Waals surface area (Å²) in [6.07, 6.45) is 3.98. The SMILES string of the molecule is CC1CCCC(C)(O)C1CNS(C)(=O)=O. The van der Waals surface area contributed by atoms with Crippen molar-refractivity contribution < 1.29 is 13.5 Å². The smallest absolute Gasteiger partial charge is 0.208 e. The van der Waals surface area contributed by atoms with E-state index in [9.17, 15) is 13.5 Å². The van der Waals surface area contributed by atoms with Gasteiger partial charge in [-0.3, -0.25) is 0 Å². The number of nitrogens with one attached hydrogen (secondary N) is 1. The van der Waals surface area contributed by atoms with Gasteiger partial charge < -0.3 is 5.11 Å². The standard InChI is InChI=1S/C10H21NO3S/c1-8-5-4-6-10(2,12)9(8)7-11-15(3,13)14/h8-9,11-12H,4-7H2,1-3H3. The molecule has 3 atom stereocenters. The lowest BCUT2D eigenvalue weighted by Gasteiger charge is -2.41. The second kappa shape index (κ2) is 4.39. The van der Waals surface area contributed by atoms with E-state index < -0.39 is 15.6 Å². The van der Waals surface area contributed by atoms with Gasteiger partial charge in [-0.05, 0) is 19.3 Å². The molecule has 0 heterocycles. The fourth-order valence-corrected chi connectivity index (χ4v) is 2.93. The van der Waals surface area contributed by atoms with Crippen molar-refractivity contribution in [3.63, 3.8) is 0 Å². The molecular formula is C10H21NO3S. The Bertz CT molecular complexity index is 311. The molecule has 90 valence electrons. The Kier molecular flexibility index (Phi) is 3.79. The van der Waals surface area contributed by atoms with Gasteiger partial charge >= 0.3 is 0 Å². The van der Waals surface area contributed by atoms with Crippen LogP contribution in [0.4, 0.5) is 0 Å². The minimum Gasteiger partial charge on any atom is -0.390 e. The van der Waals surface area contributed by atoms with E-state index in [1.54, 1.807) is 6.92 Å². The Hall–Kier alpha value is -0.130. The van der Waals surface area contributed by atoms with Crippen LogP contribution in [-0.4, -0.2) is 31.9 Å². The molecule has 3 unspecified atom stereocenters. The molecule has 1 saturated carbocycles. The minimum absolute atomic E-state index is 0.0148. The second-order valence-electron chi connectivity index (χ2n) is 4.95. The van der Waals surface area contributed by atoms with Gasteiger partial charge in [0.15, 0.2) is 0 Å². The van der Waals surface area contributed by atoms with E-state index in [1.807, 2.05) is 0 Å². The van der Waals surface area contributed by atoms with Crippen molar-refractivity contribution >= 4 is 10.0 Å². The molecule has 0 aromatic rings. The van der Waals surface area contributed by atoms with E-state index in [-0.39, 0.29) is 5.92 Å². The van der Waals surface area contributed by atoms with Crippen LogP contribution in [0, 0.1) is 11.8 Å². The maximum Gasteiger partial charge on any atom is 0.208 e. The summed E-state index contributed by atoms with van der Waals surface area (Å²) in [5, 5.41) is 10.2. The number of hydrogen-bond donors (Lipinski definition) is 2. The van der Waals surface area contributed by atoms with E-state index in [2.05, 4.69) is 11.6 Å². The highest BCUT2D eigenvalue weighted by atomic mass is 32.2. The Morgan fingerprint density at radius 3 is 2.60 bits per heavy atom. The predicted octanol–water partition coefficient (Wildman–Crippen LogP) is 0.723. The fourth-order valence-electron chi connectivity index (χ4n) is 2.44. The van der Waals surface area contributed by atoms with Crippen LogP contribution < -0.4 is 4.72 Å². The summed E-state index contributed by atoms with van der Waals surface area (Å²) in [6.45, 7) is 4.21. The van der Waals surface area contributed by atoms with Crippen molar-refractivity contribution in [2.45, 2.75) is 38.7 Å². The monoisotopic (exact) mass is 235 g/mol. The molecule has 5 heteroatoms. The lowest BCUT2D eigenvalue weighted by molar-refractivity contribution is -0.0521. The van der Waals surface area contributed by atoms with Gasteiger partial charge in [0.25, 0.3) is 0 Å². The summed E-state index contributed by atoms with van der Waals surface area (Å²) < 4.78 is 24.5. The highest BCUT2D eigenvalue weighted by molar-refractivity contribution is 7.88. The first-order valence-electron chi connectivity index (χ1n) is 5.39. The van der Waals surface area contributed by atoms with E-state index in [1.165, 1.54) is 0 Å². The molecule has 0 aromatic carbocycles. The van der Waals surface area contributed by atoms with Crippen LogP contribution in [0.15, 0.2) is 0 Å². The number of sulfonamides is 1. The molecule has 0 amide bonds. The van der Waals surface area contributed by atoms with Gasteiger partial charge in [-0.1, -0.05) is 19.8 Å². The van der Waals surface area contributed by atoms with E-state index in [4.69, 9.17) is 0 Å². The van der Waals surface area contributed by atoms with Gasteiger partial charge in [0.1, 0.15) is 0 Å². The third-order valence-electron chi connectivity index (χ3n) is 3.39. The lowest BCUT2D eigenvalue weighted by Crippen LogP contribution is -2.47. The average molecular weight is 235 g/mol. The van der Waals surface area contributed by atoms with Gasteiger partial charge in [0, 0.05) is 12.5 Å². The van der Waals surface area contributed by atoms with Crippen LogP contribution in [0.3, 0.4) is 0 Å². The molecule has 4 nitrogen and oxygen atoms in total. The van der Waals surface area contributed by atoms with Crippen molar-refractivity contribution in [3.8, 4) is 0 Å². The Morgan fingerprint density at radius 1 is 1.53 bits per heavy atom. The summed E-state index contributed by atoms with van der Waals surface area (Å²) >= 11 is 0. The van der Waals surface area contributed by atoms with Crippen LogP contribution in [0.2, 0.25) is 0 Å². The molecule has 0 bridgehead atoms. The summed E-state index contributed by atoms with van der Waals surface area (Å²) in [5.74, 6) is 0.379. The zero-order chi connectivity index (χ0) is 11.7. The van der Waals surface area contributed by atoms with Crippen molar-refractivity contribution in [1.82, 2.24) is 4.72 Å². The third kappa shape index (κ3) is 3.74. The molecule has 1 fully saturated rings. The predicted molar refractivity (Wildman–Crippen MR) is 60.0 cm³/mol. The molecule has 0 spiro atoms. The molecule has 15 heavy (non-hydrogen) atoms. The zero-order valence-corrected chi connectivity index (χ0v) is 10.5. The number of aliphatic hydroxyl groups is 1. The molecule has 0 aliphatic heterocycles. The van der Waals surface area contributed by atoms with E-state index in [0.29, 0.717) is 12.5 Å².